The normalized spacial score (nSPS) is 19.7. The Morgan fingerprint density at radius 1 is 1.56 bits per heavy atom. The summed E-state index contributed by atoms with van der Waals surface area (Å²) in [4.78, 5) is 13.6. The van der Waals surface area contributed by atoms with Crippen LogP contribution in [0.5, 0.6) is 0 Å². The number of carbonyl (C=O) groups is 1. The van der Waals surface area contributed by atoms with Crippen LogP contribution in [-0.2, 0) is 4.74 Å². The summed E-state index contributed by atoms with van der Waals surface area (Å²) in [6, 6.07) is 6.45. The molecule has 1 aliphatic heterocycles. The Balaban J connectivity index is 2.05. The molecular formula is C12H15ClN2O3. The number of anilines is 1. The number of hydrogen-bond acceptors (Lipinski definition) is 3. The number of nitrogens with zero attached hydrogens (tertiary/aromatic N) is 1. The summed E-state index contributed by atoms with van der Waals surface area (Å²) in [5.41, 5.74) is 0.562. The molecule has 2 amide bonds. The van der Waals surface area contributed by atoms with Gasteiger partial charge in [0.25, 0.3) is 0 Å². The zero-order valence-corrected chi connectivity index (χ0v) is 10.6. The van der Waals surface area contributed by atoms with E-state index in [0.29, 0.717) is 30.5 Å². The average Bonchev–Trinajstić information content (AvgIpc) is 2.41. The first-order valence-electron chi connectivity index (χ1n) is 5.73. The third-order valence-electron chi connectivity index (χ3n) is 2.81. The predicted molar refractivity (Wildman–Crippen MR) is 68.9 cm³/mol. The van der Waals surface area contributed by atoms with Gasteiger partial charge in [-0.3, -0.25) is 0 Å². The molecule has 0 aliphatic carbocycles. The molecule has 0 spiro atoms. The largest absolute Gasteiger partial charge is 0.394 e. The number of carbonyl (C=O) groups excluding carboxylic acids is 1. The van der Waals surface area contributed by atoms with E-state index in [2.05, 4.69) is 5.32 Å². The van der Waals surface area contributed by atoms with Crippen molar-refractivity contribution in [2.24, 2.45) is 0 Å². The van der Waals surface area contributed by atoms with Gasteiger partial charge in [0.05, 0.1) is 36.6 Å². The summed E-state index contributed by atoms with van der Waals surface area (Å²) in [6.07, 6.45) is 0. The van der Waals surface area contributed by atoms with Crippen molar-refractivity contribution in [3.63, 3.8) is 0 Å². The summed E-state index contributed by atoms with van der Waals surface area (Å²) in [5, 5.41) is 12.4. The third kappa shape index (κ3) is 2.93. The SMILES string of the molecule is O=C(Nc1ccccc1Cl)N1CCOCC1CO. The van der Waals surface area contributed by atoms with Gasteiger partial charge in [-0.25, -0.2) is 4.79 Å². The zero-order chi connectivity index (χ0) is 13.0. The highest BCUT2D eigenvalue weighted by Crippen LogP contribution is 2.21. The Kier molecular flexibility index (Phi) is 4.41. The number of rotatable bonds is 2. The van der Waals surface area contributed by atoms with Gasteiger partial charge in [0, 0.05) is 6.54 Å². The van der Waals surface area contributed by atoms with Crippen LogP contribution in [0.15, 0.2) is 24.3 Å². The van der Waals surface area contributed by atoms with Crippen LogP contribution in [0.4, 0.5) is 10.5 Å². The number of para-hydroxylation sites is 1. The van der Waals surface area contributed by atoms with Crippen LogP contribution in [0.2, 0.25) is 5.02 Å². The molecule has 2 N–H and O–H groups in total. The number of morpholine rings is 1. The van der Waals surface area contributed by atoms with Crippen molar-refractivity contribution in [2.45, 2.75) is 6.04 Å². The maximum absolute atomic E-state index is 12.1. The number of nitrogens with one attached hydrogen (secondary N) is 1. The van der Waals surface area contributed by atoms with Crippen LogP contribution in [-0.4, -0.2) is 48.4 Å². The molecule has 18 heavy (non-hydrogen) atoms. The van der Waals surface area contributed by atoms with E-state index in [-0.39, 0.29) is 18.7 Å². The fraction of sp³-hybridized carbons (Fsp3) is 0.417. The lowest BCUT2D eigenvalue weighted by Gasteiger charge is -2.34. The highest BCUT2D eigenvalue weighted by molar-refractivity contribution is 6.33. The molecule has 0 aromatic heterocycles. The third-order valence-corrected chi connectivity index (χ3v) is 3.14. The number of benzene rings is 1. The van der Waals surface area contributed by atoms with E-state index in [1.165, 1.54) is 0 Å². The molecule has 1 unspecified atom stereocenters. The number of aliphatic hydroxyl groups excluding tert-OH is 1. The Morgan fingerprint density at radius 3 is 3.06 bits per heavy atom. The smallest absolute Gasteiger partial charge is 0.322 e. The van der Waals surface area contributed by atoms with Crippen molar-refractivity contribution in [1.29, 1.82) is 0 Å². The summed E-state index contributed by atoms with van der Waals surface area (Å²) in [7, 11) is 0. The minimum absolute atomic E-state index is 0.115. The van der Waals surface area contributed by atoms with Gasteiger partial charge in [0.1, 0.15) is 0 Å². The topological polar surface area (TPSA) is 61.8 Å². The highest BCUT2D eigenvalue weighted by Gasteiger charge is 2.26. The fourth-order valence-electron chi connectivity index (χ4n) is 1.82. The number of hydrogen-bond donors (Lipinski definition) is 2. The molecule has 0 radical (unpaired) electrons. The molecule has 5 nitrogen and oxygen atoms in total. The minimum Gasteiger partial charge on any atom is -0.394 e. The lowest BCUT2D eigenvalue weighted by Crippen LogP contribution is -2.52. The molecule has 1 heterocycles. The Labute approximate surface area is 110 Å². The molecule has 1 atom stereocenters. The van der Waals surface area contributed by atoms with Gasteiger partial charge in [-0.2, -0.15) is 0 Å². The average molecular weight is 271 g/mol. The van der Waals surface area contributed by atoms with E-state index in [0.717, 1.165) is 0 Å². The van der Waals surface area contributed by atoms with Crippen molar-refractivity contribution in [3.05, 3.63) is 29.3 Å². The van der Waals surface area contributed by atoms with Gasteiger partial charge >= 0.3 is 6.03 Å². The quantitative estimate of drug-likeness (QED) is 0.857. The first-order valence-corrected chi connectivity index (χ1v) is 6.11. The zero-order valence-electron chi connectivity index (χ0n) is 9.80. The van der Waals surface area contributed by atoms with Crippen LogP contribution < -0.4 is 5.32 Å². The van der Waals surface area contributed by atoms with Gasteiger partial charge in [0.15, 0.2) is 0 Å². The standard InChI is InChI=1S/C12H15ClN2O3/c13-10-3-1-2-4-11(10)14-12(17)15-5-6-18-8-9(15)7-16/h1-4,9,16H,5-8H2,(H,14,17). The Morgan fingerprint density at radius 2 is 2.33 bits per heavy atom. The highest BCUT2D eigenvalue weighted by atomic mass is 35.5. The van der Waals surface area contributed by atoms with E-state index < -0.39 is 0 Å². The van der Waals surface area contributed by atoms with Crippen molar-refractivity contribution in [3.8, 4) is 0 Å². The van der Waals surface area contributed by atoms with Gasteiger partial charge in [0.2, 0.25) is 0 Å². The lowest BCUT2D eigenvalue weighted by molar-refractivity contribution is -0.00484. The summed E-state index contributed by atoms with van der Waals surface area (Å²) in [6.45, 7) is 1.18. The summed E-state index contributed by atoms with van der Waals surface area (Å²) >= 11 is 5.97. The van der Waals surface area contributed by atoms with E-state index in [9.17, 15) is 9.90 Å². The van der Waals surface area contributed by atoms with E-state index in [1.54, 1.807) is 29.2 Å². The van der Waals surface area contributed by atoms with Gasteiger partial charge in [-0.1, -0.05) is 23.7 Å². The number of aliphatic hydroxyl groups is 1. The lowest BCUT2D eigenvalue weighted by atomic mass is 10.2. The van der Waals surface area contributed by atoms with Crippen LogP contribution >= 0.6 is 11.6 Å². The second kappa shape index (κ2) is 6.04. The van der Waals surface area contributed by atoms with Gasteiger partial charge in [-0.15, -0.1) is 0 Å². The van der Waals surface area contributed by atoms with Gasteiger partial charge < -0.3 is 20.1 Å². The van der Waals surface area contributed by atoms with Crippen molar-refractivity contribution < 1.29 is 14.6 Å². The molecule has 0 bridgehead atoms. The Bertz CT molecular complexity index is 428. The first-order chi connectivity index (χ1) is 8.72. The van der Waals surface area contributed by atoms with Gasteiger partial charge in [-0.05, 0) is 12.1 Å². The van der Waals surface area contributed by atoms with Crippen molar-refractivity contribution in [1.82, 2.24) is 4.90 Å². The van der Waals surface area contributed by atoms with E-state index in [1.807, 2.05) is 0 Å². The second-order valence-corrected chi connectivity index (χ2v) is 4.42. The fourth-order valence-corrected chi connectivity index (χ4v) is 2.01. The Hall–Kier alpha value is -1.30. The van der Waals surface area contributed by atoms with E-state index in [4.69, 9.17) is 16.3 Å². The maximum atomic E-state index is 12.1. The van der Waals surface area contributed by atoms with Crippen LogP contribution in [0.25, 0.3) is 0 Å². The monoisotopic (exact) mass is 270 g/mol. The van der Waals surface area contributed by atoms with E-state index >= 15 is 0 Å². The van der Waals surface area contributed by atoms with Crippen molar-refractivity contribution >= 4 is 23.3 Å². The van der Waals surface area contributed by atoms with Crippen LogP contribution in [0.3, 0.4) is 0 Å². The molecule has 0 saturated carbocycles. The second-order valence-electron chi connectivity index (χ2n) is 4.01. The predicted octanol–water partition coefficient (Wildman–Crippen LogP) is 1.56. The van der Waals surface area contributed by atoms with Crippen LogP contribution in [0, 0.1) is 0 Å². The molecule has 1 aliphatic rings. The first kappa shape index (κ1) is 13.1. The molecule has 1 aromatic rings. The molecule has 1 fully saturated rings. The summed E-state index contributed by atoms with van der Waals surface area (Å²) < 4.78 is 5.22. The minimum atomic E-state index is -0.304. The maximum Gasteiger partial charge on any atom is 0.322 e. The molecule has 1 saturated heterocycles. The van der Waals surface area contributed by atoms with Crippen LogP contribution in [0.1, 0.15) is 0 Å². The van der Waals surface area contributed by atoms with Crippen molar-refractivity contribution in [2.75, 3.05) is 31.7 Å². The molecule has 2 rings (SSSR count). The number of halogens is 1. The number of amides is 2. The molecule has 98 valence electrons. The summed E-state index contributed by atoms with van der Waals surface area (Å²) in [5.74, 6) is 0. The molecule has 6 heteroatoms. The molecule has 1 aromatic carbocycles. The molecular weight excluding hydrogens is 256 g/mol. The number of urea groups is 1. The number of ether oxygens (including phenoxy) is 1.